The molecule has 3 rings (SSSR count). The minimum Gasteiger partial charge on any atom is -0.288 e. The summed E-state index contributed by atoms with van der Waals surface area (Å²) in [7, 11) is -3.38. The van der Waals surface area contributed by atoms with E-state index < -0.39 is 15.3 Å². The minimum atomic E-state index is -3.38. The third-order valence-corrected chi connectivity index (χ3v) is 7.47. The van der Waals surface area contributed by atoms with Crippen molar-refractivity contribution in [3.8, 4) is 0 Å². The van der Waals surface area contributed by atoms with Gasteiger partial charge in [-0.05, 0) is 50.0 Å². The molecule has 2 aliphatic carbocycles. The largest absolute Gasteiger partial charge is 0.288 e. The van der Waals surface area contributed by atoms with Crippen molar-refractivity contribution in [2.24, 2.45) is 16.8 Å². The highest BCUT2D eigenvalue weighted by molar-refractivity contribution is 7.90. The van der Waals surface area contributed by atoms with Crippen LogP contribution in [0.2, 0.25) is 0 Å². The Morgan fingerprint density at radius 1 is 1.26 bits per heavy atom. The molecule has 6 atom stereocenters. The first-order chi connectivity index (χ1) is 11.0. The van der Waals surface area contributed by atoms with Gasteiger partial charge in [0.15, 0.2) is 0 Å². The Labute approximate surface area is 144 Å². The van der Waals surface area contributed by atoms with Crippen LogP contribution in [0.15, 0.2) is 29.3 Å². The van der Waals surface area contributed by atoms with Gasteiger partial charge < -0.3 is 0 Å². The third-order valence-electron chi connectivity index (χ3n) is 5.29. The van der Waals surface area contributed by atoms with Crippen molar-refractivity contribution in [1.82, 2.24) is 4.72 Å². The highest BCUT2D eigenvalue weighted by Gasteiger charge is 2.40. The molecule has 1 N–H and O–H groups in total. The lowest BCUT2D eigenvalue weighted by Crippen LogP contribution is -2.48. The van der Waals surface area contributed by atoms with E-state index in [9.17, 15) is 8.42 Å². The van der Waals surface area contributed by atoms with Crippen LogP contribution in [0, 0.1) is 11.8 Å². The smallest absolute Gasteiger partial charge is 0.218 e. The average Bonchev–Trinajstić information content (AvgIpc) is 2.76. The maximum absolute atomic E-state index is 12.8. The summed E-state index contributed by atoms with van der Waals surface area (Å²) in [5, 5.41) is -0.452. The highest BCUT2D eigenvalue weighted by atomic mass is 35.5. The molecule has 0 aromatic heterocycles. The molecule has 1 saturated carbocycles. The van der Waals surface area contributed by atoms with Crippen LogP contribution < -0.4 is 4.72 Å². The maximum Gasteiger partial charge on any atom is 0.218 e. The Hall–Kier alpha value is -0.650. The number of allylic oxidation sites excluding steroid dienone is 3. The van der Waals surface area contributed by atoms with Crippen molar-refractivity contribution >= 4 is 27.8 Å². The highest BCUT2D eigenvalue weighted by Crippen LogP contribution is 2.35. The van der Waals surface area contributed by atoms with Crippen LogP contribution in [0.3, 0.4) is 0 Å². The number of nitrogens with one attached hydrogen (secondary N) is 1. The molecule has 0 spiro atoms. The molecule has 128 valence electrons. The van der Waals surface area contributed by atoms with Crippen molar-refractivity contribution in [3.05, 3.63) is 24.3 Å². The van der Waals surface area contributed by atoms with E-state index in [-0.39, 0.29) is 23.4 Å². The number of hydrogen-bond donors (Lipinski definition) is 1. The van der Waals surface area contributed by atoms with E-state index in [4.69, 9.17) is 11.6 Å². The Bertz CT molecular complexity index is 614. The van der Waals surface area contributed by atoms with E-state index in [0.717, 1.165) is 19.3 Å². The monoisotopic (exact) mass is 356 g/mol. The van der Waals surface area contributed by atoms with Gasteiger partial charge in [-0.1, -0.05) is 25.2 Å². The fourth-order valence-corrected chi connectivity index (χ4v) is 5.96. The number of rotatable bonds is 3. The number of nitrogens with zero attached hydrogens (tertiary/aromatic N) is 1. The van der Waals surface area contributed by atoms with Crippen LogP contribution in [-0.4, -0.2) is 37.3 Å². The van der Waals surface area contributed by atoms with E-state index in [1.807, 2.05) is 18.2 Å². The number of hydrogen-bond acceptors (Lipinski definition) is 3. The maximum atomic E-state index is 12.8. The van der Waals surface area contributed by atoms with Crippen molar-refractivity contribution in [3.63, 3.8) is 0 Å². The summed E-state index contributed by atoms with van der Waals surface area (Å²) in [5.74, 6) is 0.637. The molecule has 5 unspecified atom stereocenters. The molecule has 3 aliphatic rings. The minimum absolute atomic E-state index is 0.0278. The summed E-state index contributed by atoms with van der Waals surface area (Å²) in [6.45, 7) is 2.15. The third kappa shape index (κ3) is 3.89. The van der Waals surface area contributed by atoms with Crippen LogP contribution in [0.5, 0.6) is 0 Å². The van der Waals surface area contributed by atoms with Gasteiger partial charge in [-0.25, -0.2) is 13.1 Å². The number of halogens is 1. The molecule has 0 aromatic rings. The van der Waals surface area contributed by atoms with Crippen molar-refractivity contribution in [1.29, 1.82) is 0 Å². The second kappa shape index (κ2) is 7.08. The zero-order chi connectivity index (χ0) is 16.4. The molecule has 1 fully saturated rings. The topological polar surface area (TPSA) is 58.5 Å². The zero-order valence-electron chi connectivity index (χ0n) is 13.4. The summed E-state index contributed by atoms with van der Waals surface area (Å²) in [6, 6.07) is -0.282. The summed E-state index contributed by atoms with van der Waals surface area (Å²) >= 11 is 6.48. The lowest BCUT2D eigenvalue weighted by Gasteiger charge is -2.30. The summed E-state index contributed by atoms with van der Waals surface area (Å²) in [4.78, 5) is 4.61. The SMILES string of the molecule is C[C@@H]1C2C=CC=NC1C(NS(=O)(=O)C1C=CCCC1)CC(Cl)C2. The van der Waals surface area contributed by atoms with Crippen LogP contribution in [0.1, 0.15) is 39.0 Å². The number of aliphatic imine (C=N–C) groups is 1. The second-order valence-electron chi connectivity index (χ2n) is 6.93. The fraction of sp³-hybridized carbons (Fsp3) is 0.706. The van der Waals surface area contributed by atoms with Gasteiger partial charge in [-0.2, -0.15) is 0 Å². The van der Waals surface area contributed by atoms with Gasteiger partial charge in [0.25, 0.3) is 0 Å². The molecule has 0 saturated heterocycles. The number of sulfonamides is 1. The fourth-order valence-electron chi connectivity index (χ4n) is 3.93. The van der Waals surface area contributed by atoms with Gasteiger partial charge >= 0.3 is 0 Å². The van der Waals surface area contributed by atoms with Crippen molar-refractivity contribution in [2.75, 3.05) is 0 Å². The normalized spacial score (nSPS) is 40.6. The number of fused-ring (bicyclic) bond motifs is 2. The molecule has 0 radical (unpaired) electrons. The van der Waals surface area contributed by atoms with Gasteiger partial charge in [-0.15, -0.1) is 11.6 Å². The quantitative estimate of drug-likeness (QED) is 0.624. The number of alkyl halides is 1. The first kappa shape index (κ1) is 17.2. The van der Waals surface area contributed by atoms with E-state index in [0.29, 0.717) is 18.8 Å². The summed E-state index contributed by atoms with van der Waals surface area (Å²) in [5.41, 5.74) is 0. The Morgan fingerprint density at radius 3 is 2.83 bits per heavy atom. The van der Waals surface area contributed by atoms with Gasteiger partial charge in [0, 0.05) is 17.6 Å². The van der Waals surface area contributed by atoms with Crippen molar-refractivity contribution < 1.29 is 8.42 Å². The van der Waals surface area contributed by atoms with E-state index in [2.05, 4.69) is 22.7 Å². The van der Waals surface area contributed by atoms with Gasteiger partial charge in [0.1, 0.15) is 0 Å². The summed E-state index contributed by atoms with van der Waals surface area (Å²) in [6.07, 6.45) is 13.8. The Morgan fingerprint density at radius 2 is 2.09 bits per heavy atom. The molecule has 4 nitrogen and oxygen atoms in total. The molecule has 1 aliphatic heterocycles. The molecule has 23 heavy (non-hydrogen) atoms. The standard InChI is InChI=1S/C17H25ClN2O2S/c1-12-13-6-5-9-19-17(12)16(11-14(18)10-13)20-23(21,22)15-7-3-2-4-8-15/h3,5-7,9,12-17,20H,2,4,8,10-11H2,1H3/t12-,13?,14?,15?,16?,17?/m1/s1. The lowest BCUT2D eigenvalue weighted by molar-refractivity contribution is 0.333. The Kier molecular flexibility index (Phi) is 5.29. The predicted molar refractivity (Wildman–Crippen MR) is 95.6 cm³/mol. The first-order valence-electron chi connectivity index (χ1n) is 8.49. The first-order valence-corrected chi connectivity index (χ1v) is 10.5. The van der Waals surface area contributed by atoms with Crippen LogP contribution in [0.25, 0.3) is 0 Å². The molecule has 0 amide bonds. The molecular weight excluding hydrogens is 332 g/mol. The average molecular weight is 357 g/mol. The van der Waals surface area contributed by atoms with E-state index >= 15 is 0 Å². The van der Waals surface area contributed by atoms with E-state index in [1.165, 1.54) is 0 Å². The van der Waals surface area contributed by atoms with Crippen LogP contribution in [0.4, 0.5) is 0 Å². The second-order valence-corrected chi connectivity index (χ2v) is 9.48. The molecule has 1 heterocycles. The molecule has 2 bridgehead atoms. The molecule has 0 aromatic carbocycles. The van der Waals surface area contributed by atoms with Crippen molar-refractivity contribution in [2.45, 2.75) is 61.7 Å². The van der Waals surface area contributed by atoms with E-state index in [1.54, 1.807) is 6.21 Å². The zero-order valence-corrected chi connectivity index (χ0v) is 15.0. The van der Waals surface area contributed by atoms with Gasteiger partial charge in [0.2, 0.25) is 10.0 Å². The molecular formula is C17H25ClN2O2S. The predicted octanol–water partition coefficient (Wildman–Crippen LogP) is 3.05. The Balaban J connectivity index is 1.82. The van der Waals surface area contributed by atoms with Crippen LogP contribution in [-0.2, 0) is 10.0 Å². The molecule has 6 heteroatoms. The lowest BCUT2D eigenvalue weighted by atomic mass is 9.86. The summed E-state index contributed by atoms with van der Waals surface area (Å²) < 4.78 is 28.5. The van der Waals surface area contributed by atoms with Crippen LogP contribution >= 0.6 is 11.6 Å². The van der Waals surface area contributed by atoms with Gasteiger partial charge in [-0.3, -0.25) is 4.99 Å². The van der Waals surface area contributed by atoms with Gasteiger partial charge in [0.05, 0.1) is 11.3 Å².